The molecule has 0 amide bonds. The summed E-state index contributed by atoms with van der Waals surface area (Å²) in [6.07, 6.45) is 8.59. The zero-order valence-corrected chi connectivity index (χ0v) is 23.6. The van der Waals surface area contributed by atoms with Crippen LogP contribution in [0, 0.1) is 0 Å². The van der Waals surface area contributed by atoms with Crippen molar-refractivity contribution in [1.29, 1.82) is 0 Å². The first kappa shape index (κ1) is 25.8. The van der Waals surface area contributed by atoms with E-state index in [-0.39, 0.29) is 0 Å². The lowest BCUT2D eigenvalue weighted by molar-refractivity contribution is 0.122. The van der Waals surface area contributed by atoms with E-state index in [1.807, 2.05) is 18.3 Å². The largest absolute Gasteiger partial charge is 0.383 e. The number of rotatable bonds is 9. The molecule has 1 aromatic carbocycles. The van der Waals surface area contributed by atoms with E-state index in [1.165, 1.54) is 10.6 Å². The van der Waals surface area contributed by atoms with Gasteiger partial charge in [0.25, 0.3) is 0 Å². The molecule has 0 unspecified atom stereocenters. The monoisotopic (exact) mass is 545 g/mol. The average Bonchev–Trinajstić information content (AvgIpc) is 3.60. The van der Waals surface area contributed by atoms with Crippen molar-refractivity contribution in [2.45, 2.75) is 26.4 Å². The van der Waals surface area contributed by atoms with Crippen LogP contribution in [-0.2, 0) is 16.0 Å². The lowest BCUT2D eigenvalue weighted by Gasteiger charge is -2.33. The highest BCUT2D eigenvalue weighted by molar-refractivity contribution is 7.19. The molecule has 0 saturated carbocycles. The number of benzene rings is 1. The number of hydrogen-bond donors (Lipinski definition) is 1. The number of H-pyrrole nitrogens is 1. The smallest absolute Gasteiger partial charge is 0.162 e. The molecule has 5 heterocycles. The summed E-state index contributed by atoms with van der Waals surface area (Å²) in [5.41, 5.74) is 4.22. The Morgan fingerprint density at radius 1 is 1.21 bits per heavy atom. The molecule has 0 aliphatic carbocycles. The topological polar surface area (TPSA) is 82.6 Å². The molecule has 0 atom stereocenters. The minimum absolute atomic E-state index is 0.421. The third-order valence-corrected chi connectivity index (χ3v) is 8.39. The number of ether oxygens (including phenoxy) is 2. The third kappa shape index (κ3) is 5.36. The molecular formula is C29H35N7O2S. The van der Waals surface area contributed by atoms with E-state index in [2.05, 4.69) is 69.2 Å². The van der Waals surface area contributed by atoms with Crippen LogP contribution in [0.25, 0.3) is 32.5 Å². The second kappa shape index (κ2) is 11.3. The average molecular weight is 546 g/mol. The number of anilines is 1. The molecule has 1 N–H and O–H groups in total. The number of aromatic nitrogens is 4. The van der Waals surface area contributed by atoms with E-state index in [4.69, 9.17) is 19.4 Å². The number of aromatic amines is 1. The summed E-state index contributed by atoms with van der Waals surface area (Å²) in [5, 5.41) is 8.33. The number of nitrogens with one attached hydrogen (secondary N) is 1. The minimum Gasteiger partial charge on any atom is -0.383 e. The lowest BCUT2D eigenvalue weighted by Crippen LogP contribution is -2.36. The Morgan fingerprint density at radius 2 is 2.08 bits per heavy atom. The minimum atomic E-state index is 0.421. The fraction of sp³-hybridized carbons (Fsp3) is 0.414. The molecule has 9 nitrogen and oxygen atoms in total. The van der Waals surface area contributed by atoms with Crippen molar-refractivity contribution in [3.63, 3.8) is 0 Å². The fourth-order valence-electron chi connectivity index (χ4n) is 5.24. The van der Waals surface area contributed by atoms with Gasteiger partial charge in [-0.05, 0) is 38.1 Å². The van der Waals surface area contributed by atoms with Crippen molar-refractivity contribution in [3.8, 4) is 11.4 Å². The van der Waals surface area contributed by atoms with Gasteiger partial charge in [-0.1, -0.05) is 12.1 Å². The molecule has 4 aromatic rings. The van der Waals surface area contributed by atoms with Crippen LogP contribution in [0.4, 0.5) is 5.82 Å². The maximum atomic E-state index is 5.64. The predicted molar refractivity (Wildman–Crippen MR) is 157 cm³/mol. The lowest BCUT2D eigenvalue weighted by atomic mass is 10.1. The van der Waals surface area contributed by atoms with Crippen LogP contribution < -0.4 is 4.90 Å². The Kier molecular flexibility index (Phi) is 7.49. The second-order valence-electron chi connectivity index (χ2n) is 10.2. The number of fused-ring (bicyclic) bond motifs is 2. The third-order valence-electron chi connectivity index (χ3n) is 7.28. The van der Waals surface area contributed by atoms with Crippen LogP contribution in [-0.4, -0.2) is 89.1 Å². The van der Waals surface area contributed by atoms with Gasteiger partial charge in [0, 0.05) is 67.1 Å². The van der Waals surface area contributed by atoms with Crippen molar-refractivity contribution in [2.75, 3.05) is 58.0 Å². The van der Waals surface area contributed by atoms with Gasteiger partial charge in [-0.25, -0.2) is 9.97 Å². The first-order valence-corrected chi connectivity index (χ1v) is 14.4. The number of allylic oxidation sites excluding steroid dienone is 1. The van der Waals surface area contributed by atoms with Gasteiger partial charge in [0.15, 0.2) is 11.6 Å². The molecule has 6 rings (SSSR count). The van der Waals surface area contributed by atoms with Crippen molar-refractivity contribution in [2.24, 2.45) is 0 Å². The fourth-order valence-corrected chi connectivity index (χ4v) is 6.38. The standard InChI is InChI=1S/C29H35N7O2S/c1-20(2)36(13-14-37-3)21-7-9-34(10-8-21)19-22-17-26-27(39-22)29(35-11-15-38-16-12-35)32-28(31-26)23-5-4-6-25-24(23)18-30-33-25/h4-9,17-18,20H,10-16,19H2,1-3H3,(H,30,33). The summed E-state index contributed by atoms with van der Waals surface area (Å²) in [6, 6.07) is 8.78. The first-order valence-electron chi connectivity index (χ1n) is 13.5. The SMILES string of the molecule is COCCN(C1=CCN(Cc2cc3nc(-c4cccc5[nH]ncc45)nc(N4CCOCC4)c3s2)C=C1)C(C)C. The number of morpholine rings is 1. The van der Waals surface area contributed by atoms with Crippen molar-refractivity contribution in [1.82, 2.24) is 30.0 Å². The molecule has 0 bridgehead atoms. The molecule has 10 heteroatoms. The normalized spacial score (nSPS) is 16.1. The first-order chi connectivity index (χ1) is 19.1. The highest BCUT2D eigenvalue weighted by Gasteiger charge is 2.22. The van der Waals surface area contributed by atoms with E-state index in [0.717, 1.165) is 77.7 Å². The van der Waals surface area contributed by atoms with Crippen LogP contribution in [0.5, 0.6) is 0 Å². The van der Waals surface area contributed by atoms with E-state index in [0.29, 0.717) is 19.3 Å². The van der Waals surface area contributed by atoms with Gasteiger partial charge in [-0.15, -0.1) is 11.3 Å². The van der Waals surface area contributed by atoms with Gasteiger partial charge < -0.3 is 24.2 Å². The number of methoxy groups -OCH3 is 1. The van der Waals surface area contributed by atoms with Gasteiger partial charge in [-0.2, -0.15) is 5.10 Å². The van der Waals surface area contributed by atoms with Crippen LogP contribution in [0.2, 0.25) is 0 Å². The van der Waals surface area contributed by atoms with Crippen LogP contribution in [0.1, 0.15) is 18.7 Å². The molecule has 0 spiro atoms. The molecule has 39 heavy (non-hydrogen) atoms. The molecule has 3 aromatic heterocycles. The van der Waals surface area contributed by atoms with E-state index in [9.17, 15) is 0 Å². The van der Waals surface area contributed by atoms with Gasteiger partial charge in [0.05, 0.1) is 48.3 Å². The van der Waals surface area contributed by atoms with Crippen LogP contribution in [0.15, 0.2) is 54.5 Å². The summed E-state index contributed by atoms with van der Waals surface area (Å²) >= 11 is 1.79. The molecule has 2 aliphatic heterocycles. The van der Waals surface area contributed by atoms with E-state index >= 15 is 0 Å². The molecule has 1 saturated heterocycles. The van der Waals surface area contributed by atoms with E-state index in [1.54, 1.807) is 18.4 Å². The molecule has 2 aliphatic rings. The zero-order chi connectivity index (χ0) is 26.8. The van der Waals surface area contributed by atoms with E-state index < -0.39 is 0 Å². The summed E-state index contributed by atoms with van der Waals surface area (Å²) in [6.45, 7) is 10.8. The Hall–Kier alpha value is -3.47. The Bertz CT molecular complexity index is 1500. The number of nitrogens with zero attached hydrogens (tertiary/aromatic N) is 6. The van der Waals surface area contributed by atoms with Crippen molar-refractivity contribution >= 4 is 38.3 Å². The molecule has 0 radical (unpaired) electrons. The molecular weight excluding hydrogens is 510 g/mol. The summed E-state index contributed by atoms with van der Waals surface area (Å²) < 4.78 is 12.1. The summed E-state index contributed by atoms with van der Waals surface area (Å²) in [4.78, 5) is 18.5. The quantitative estimate of drug-likeness (QED) is 0.326. The highest BCUT2D eigenvalue weighted by atomic mass is 32.1. The Labute approximate surface area is 232 Å². The Morgan fingerprint density at radius 3 is 2.85 bits per heavy atom. The summed E-state index contributed by atoms with van der Waals surface area (Å²) in [5.74, 6) is 1.73. The maximum Gasteiger partial charge on any atom is 0.162 e. The predicted octanol–water partition coefficient (Wildman–Crippen LogP) is 4.64. The molecule has 204 valence electrons. The number of hydrogen-bond acceptors (Lipinski definition) is 9. The van der Waals surface area contributed by atoms with Gasteiger partial charge in [0.1, 0.15) is 0 Å². The highest BCUT2D eigenvalue weighted by Crippen LogP contribution is 2.36. The maximum absolute atomic E-state index is 5.64. The van der Waals surface area contributed by atoms with Crippen LogP contribution >= 0.6 is 11.3 Å². The second-order valence-corrected chi connectivity index (χ2v) is 11.3. The van der Waals surface area contributed by atoms with Crippen molar-refractivity contribution < 1.29 is 9.47 Å². The zero-order valence-electron chi connectivity index (χ0n) is 22.8. The number of thiophene rings is 1. The van der Waals surface area contributed by atoms with Gasteiger partial charge >= 0.3 is 0 Å². The van der Waals surface area contributed by atoms with Gasteiger partial charge in [0.2, 0.25) is 0 Å². The molecule has 1 fully saturated rings. The van der Waals surface area contributed by atoms with Crippen molar-refractivity contribution in [3.05, 3.63) is 59.4 Å². The summed E-state index contributed by atoms with van der Waals surface area (Å²) in [7, 11) is 1.76. The van der Waals surface area contributed by atoms with Gasteiger partial charge in [-0.3, -0.25) is 5.10 Å². The Balaban J connectivity index is 1.29. The van der Waals surface area contributed by atoms with Crippen LogP contribution in [0.3, 0.4) is 0 Å².